The lowest BCUT2D eigenvalue weighted by molar-refractivity contribution is -0.274. The lowest BCUT2D eigenvalue weighted by atomic mass is 10.2. The molecule has 9 heteroatoms. The van der Waals surface area contributed by atoms with Crippen molar-refractivity contribution >= 4 is 23.2 Å². The van der Waals surface area contributed by atoms with Crippen molar-refractivity contribution < 1.29 is 27.5 Å². The molecule has 0 aliphatic carbocycles. The van der Waals surface area contributed by atoms with Crippen molar-refractivity contribution in [2.45, 2.75) is 19.8 Å². The number of halogens is 3. The highest BCUT2D eigenvalue weighted by Gasteiger charge is 2.31. The van der Waals surface area contributed by atoms with E-state index in [1.165, 1.54) is 25.1 Å². The number of benzene rings is 2. The van der Waals surface area contributed by atoms with Gasteiger partial charge in [0, 0.05) is 13.5 Å². The molecule has 27 heavy (non-hydrogen) atoms. The van der Waals surface area contributed by atoms with Crippen LogP contribution in [0.1, 0.15) is 12.5 Å². The van der Waals surface area contributed by atoms with E-state index in [1.807, 2.05) is 0 Å². The molecule has 0 bridgehead atoms. The summed E-state index contributed by atoms with van der Waals surface area (Å²) in [5.41, 5.74) is 1.44. The van der Waals surface area contributed by atoms with Crippen molar-refractivity contribution in [3.63, 3.8) is 0 Å². The molecule has 3 N–H and O–H groups in total. The van der Waals surface area contributed by atoms with Gasteiger partial charge in [-0.1, -0.05) is 24.3 Å². The first kappa shape index (κ1) is 20.2. The number of ether oxygens (including phenoxy) is 1. The summed E-state index contributed by atoms with van der Waals surface area (Å²) in [5.74, 6) is -0.957. The van der Waals surface area contributed by atoms with Gasteiger partial charge in [-0.15, -0.1) is 13.2 Å². The van der Waals surface area contributed by atoms with E-state index in [9.17, 15) is 22.8 Å². The standard InChI is InChI=1S/C18H18F3N3O3/c1-12(25)23-15-7-2-3-8-16(15)24-17(26)11-22-10-13-5-4-6-14(9-13)27-18(19,20)21/h2-9,22H,10-11H2,1H3,(H,23,25)(H,24,26). The molecule has 0 radical (unpaired) electrons. The molecule has 2 rings (SSSR count). The first-order valence-electron chi connectivity index (χ1n) is 7.95. The summed E-state index contributed by atoms with van der Waals surface area (Å²) in [6.07, 6.45) is -4.76. The van der Waals surface area contributed by atoms with Gasteiger partial charge in [0.25, 0.3) is 0 Å². The zero-order chi connectivity index (χ0) is 19.9. The average molecular weight is 381 g/mol. The van der Waals surface area contributed by atoms with Crippen molar-refractivity contribution in [3.8, 4) is 5.75 Å². The molecule has 0 saturated heterocycles. The Bertz CT molecular complexity index is 810. The summed E-state index contributed by atoms with van der Waals surface area (Å²) < 4.78 is 40.6. The van der Waals surface area contributed by atoms with Crippen LogP contribution in [0.2, 0.25) is 0 Å². The number of hydrogen-bond acceptors (Lipinski definition) is 4. The van der Waals surface area contributed by atoms with Gasteiger partial charge in [-0.25, -0.2) is 0 Å². The van der Waals surface area contributed by atoms with Crippen LogP contribution in [0.4, 0.5) is 24.5 Å². The number of para-hydroxylation sites is 2. The van der Waals surface area contributed by atoms with Crippen molar-refractivity contribution in [2.75, 3.05) is 17.2 Å². The van der Waals surface area contributed by atoms with Crippen molar-refractivity contribution in [3.05, 3.63) is 54.1 Å². The van der Waals surface area contributed by atoms with Crippen LogP contribution in [0.25, 0.3) is 0 Å². The molecule has 0 saturated carbocycles. The molecule has 0 heterocycles. The van der Waals surface area contributed by atoms with Gasteiger partial charge in [0.15, 0.2) is 0 Å². The predicted molar refractivity (Wildman–Crippen MR) is 94.2 cm³/mol. The molecular weight excluding hydrogens is 363 g/mol. The molecule has 0 fully saturated rings. The zero-order valence-electron chi connectivity index (χ0n) is 14.4. The van der Waals surface area contributed by atoms with E-state index in [0.717, 1.165) is 0 Å². The molecule has 0 unspecified atom stereocenters. The number of carbonyl (C=O) groups excluding carboxylic acids is 2. The second-order valence-corrected chi connectivity index (χ2v) is 5.57. The maximum Gasteiger partial charge on any atom is 0.573 e. The Kier molecular flexibility index (Phi) is 6.78. The molecule has 0 aliphatic heterocycles. The average Bonchev–Trinajstić information content (AvgIpc) is 2.55. The van der Waals surface area contributed by atoms with Gasteiger partial charge in [-0.3, -0.25) is 9.59 Å². The number of anilines is 2. The van der Waals surface area contributed by atoms with Crippen LogP contribution >= 0.6 is 0 Å². The first-order valence-corrected chi connectivity index (χ1v) is 7.95. The minimum atomic E-state index is -4.76. The maximum atomic E-state index is 12.2. The van der Waals surface area contributed by atoms with E-state index < -0.39 is 6.36 Å². The molecule has 6 nitrogen and oxygen atoms in total. The van der Waals surface area contributed by atoms with Crippen LogP contribution in [-0.4, -0.2) is 24.7 Å². The molecular formula is C18H18F3N3O3. The van der Waals surface area contributed by atoms with Crippen LogP contribution in [0.5, 0.6) is 5.75 Å². The van der Waals surface area contributed by atoms with Crippen LogP contribution in [0.15, 0.2) is 48.5 Å². The van der Waals surface area contributed by atoms with Crippen LogP contribution in [0, 0.1) is 0 Å². The third-order valence-electron chi connectivity index (χ3n) is 3.26. The molecule has 0 atom stereocenters. The Balaban J connectivity index is 1.87. The second-order valence-electron chi connectivity index (χ2n) is 5.57. The summed E-state index contributed by atoms with van der Waals surface area (Å²) in [6.45, 7) is 1.46. The quantitative estimate of drug-likeness (QED) is 0.688. The number of hydrogen-bond donors (Lipinski definition) is 3. The Hall–Kier alpha value is -3.07. The van der Waals surface area contributed by atoms with E-state index in [-0.39, 0.29) is 30.7 Å². The molecule has 144 valence electrons. The summed E-state index contributed by atoms with van der Waals surface area (Å²) in [5, 5.41) is 8.10. The minimum absolute atomic E-state index is 0.0707. The number of amides is 2. The number of alkyl halides is 3. The van der Waals surface area contributed by atoms with Gasteiger partial charge in [0.2, 0.25) is 11.8 Å². The van der Waals surface area contributed by atoms with Gasteiger partial charge < -0.3 is 20.7 Å². The predicted octanol–water partition coefficient (Wildman–Crippen LogP) is 3.27. The fourth-order valence-corrected chi connectivity index (χ4v) is 2.26. The van der Waals surface area contributed by atoms with E-state index >= 15 is 0 Å². The molecule has 2 amide bonds. The number of rotatable bonds is 7. The Morgan fingerprint density at radius 3 is 2.30 bits per heavy atom. The molecule has 2 aromatic carbocycles. The smallest absolute Gasteiger partial charge is 0.406 e. The van der Waals surface area contributed by atoms with Crippen LogP contribution < -0.4 is 20.7 Å². The Labute approximate surface area is 153 Å². The highest BCUT2D eigenvalue weighted by Crippen LogP contribution is 2.23. The van der Waals surface area contributed by atoms with Gasteiger partial charge in [-0.05, 0) is 29.8 Å². The van der Waals surface area contributed by atoms with E-state index in [2.05, 4.69) is 20.7 Å². The van der Waals surface area contributed by atoms with Gasteiger partial charge in [0.1, 0.15) is 5.75 Å². The third-order valence-corrected chi connectivity index (χ3v) is 3.26. The highest BCUT2D eigenvalue weighted by molar-refractivity contribution is 5.99. The highest BCUT2D eigenvalue weighted by atomic mass is 19.4. The van der Waals surface area contributed by atoms with E-state index in [4.69, 9.17) is 0 Å². The Morgan fingerprint density at radius 1 is 1.00 bits per heavy atom. The minimum Gasteiger partial charge on any atom is -0.406 e. The lowest BCUT2D eigenvalue weighted by Gasteiger charge is -2.12. The molecule has 0 aromatic heterocycles. The lowest BCUT2D eigenvalue weighted by Crippen LogP contribution is -2.28. The van der Waals surface area contributed by atoms with Crippen molar-refractivity contribution in [1.82, 2.24) is 5.32 Å². The SMILES string of the molecule is CC(=O)Nc1ccccc1NC(=O)CNCc1cccc(OC(F)(F)F)c1. The first-order chi connectivity index (χ1) is 12.7. The van der Waals surface area contributed by atoms with Gasteiger partial charge in [0.05, 0.1) is 17.9 Å². The summed E-state index contributed by atoms with van der Waals surface area (Å²) in [7, 11) is 0. The molecule has 0 spiro atoms. The van der Waals surface area contributed by atoms with Crippen LogP contribution in [-0.2, 0) is 16.1 Å². The Morgan fingerprint density at radius 2 is 1.67 bits per heavy atom. The fraction of sp³-hybridized carbons (Fsp3) is 0.222. The number of nitrogens with one attached hydrogen (secondary N) is 3. The van der Waals surface area contributed by atoms with Crippen molar-refractivity contribution in [2.24, 2.45) is 0 Å². The van der Waals surface area contributed by atoms with E-state index in [1.54, 1.807) is 30.3 Å². The van der Waals surface area contributed by atoms with Crippen LogP contribution in [0.3, 0.4) is 0 Å². The monoisotopic (exact) mass is 381 g/mol. The summed E-state index contributed by atoms with van der Waals surface area (Å²) >= 11 is 0. The third kappa shape index (κ3) is 7.37. The van der Waals surface area contributed by atoms with E-state index in [0.29, 0.717) is 16.9 Å². The fourth-order valence-electron chi connectivity index (χ4n) is 2.26. The van der Waals surface area contributed by atoms with Gasteiger partial charge in [-0.2, -0.15) is 0 Å². The second kappa shape index (κ2) is 9.04. The molecule has 2 aromatic rings. The topological polar surface area (TPSA) is 79.5 Å². The molecule has 0 aliphatic rings. The maximum absolute atomic E-state index is 12.2. The normalized spacial score (nSPS) is 11.0. The van der Waals surface area contributed by atoms with Gasteiger partial charge >= 0.3 is 6.36 Å². The summed E-state index contributed by atoms with van der Waals surface area (Å²) in [4.78, 5) is 23.2. The zero-order valence-corrected chi connectivity index (χ0v) is 14.4. The summed E-state index contributed by atoms with van der Waals surface area (Å²) in [6, 6.07) is 12.2. The largest absolute Gasteiger partial charge is 0.573 e. The van der Waals surface area contributed by atoms with Crippen molar-refractivity contribution in [1.29, 1.82) is 0 Å². The number of carbonyl (C=O) groups is 2.